The number of hydrogen-bond donors (Lipinski definition) is 0. The Balaban J connectivity index is 1.94. The number of anilines is 2. The van der Waals surface area contributed by atoms with Crippen LogP contribution in [0.2, 0.25) is 0 Å². The molecule has 0 fully saturated rings. The fraction of sp³-hybridized carbons (Fsp3) is 0.400. The Labute approximate surface area is 144 Å². The number of hydrogen-bond acceptors (Lipinski definition) is 3. The molecule has 3 rings (SSSR count). The molecule has 2 aromatic rings. The number of nitrogens with zero attached hydrogens (tertiary/aromatic N) is 3. The Morgan fingerprint density at radius 2 is 1.88 bits per heavy atom. The number of amides is 1. The molecular formula is C20H25N3O. The van der Waals surface area contributed by atoms with Gasteiger partial charge in [0, 0.05) is 14.1 Å². The van der Waals surface area contributed by atoms with Crippen LogP contribution in [0.3, 0.4) is 0 Å². The molecule has 0 bridgehead atoms. The molecule has 0 spiro atoms. The Bertz CT molecular complexity index is 757. The van der Waals surface area contributed by atoms with Gasteiger partial charge in [-0.05, 0) is 34.2 Å². The summed E-state index contributed by atoms with van der Waals surface area (Å²) >= 11 is 0. The van der Waals surface area contributed by atoms with Gasteiger partial charge in [-0.3, -0.25) is 4.79 Å². The van der Waals surface area contributed by atoms with Crippen LogP contribution in [-0.2, 0) is 23.2 Å². The Morgan fingerprint density at radius 1 is 1.12 bits per heavy atom. The van der Waals surface area contributed by atoms with Crippen molar-refractivity contribution in [2.45, 2.75) is 39.2 Å². The van der Waals surface area contributed by atoms with Gasteiger partial charge in [-0.15, -0.1) is 0 Å². The number of carbonyl (C=O) groups excluding carboxylic acids is 1. The van der Waals surface area contributed by atoms with Gasteiger partial charge in [0.15, 0.2) is 0 Å². The van der Waals surface area contributed by atoms with Crippen LogP contribution in [0.5, 0.6) is 0 Å². The summed E-state index contributed by atoms with van der Waals surface area (Å²) in [5.41, 5.74) is 4.61. The number of aromatic nitrogens is 1. The molecule has 1 aromatic heterocycles. The first kappa shape index (κ1) is 16.5. The molecule has 126 valence electrons. The summed E-state index contributed by atoms with van der Waals surface area (Å²) in [7, 11) is 3.91. The normalized spacial score (nSPS) is 14.5. The van der Waals surface area contributed by atoms with E-state index in [-0.39, 0.29) is 11.3 Å². The maximum atomic E-state index is 12.7. The van der Waals surface area contributed by atoms with Gasteiger partial charge >= 0.3 is 0 Å². The summed E-state index contributed by atoms with van der Waals surface area (Å²) in [6, 6.07) is 10.3. The third-order valence-electron chi connectivity index (χ3n) is 4.54. The average molecular weight is 323 g/mol. The van der Waals surface area contributed by atoms with Crippen molar-refractivity contribution in [3.63, 3.8) is 0 Å². The smallest absolute Gasteiger partial charge is 0.231 e. The summed E-state index contributed by atoms with van der Waals surface area (Å²) in [4.78, 5) is 21.0. The molecule has 0 atom stereocenters. The van der Waals surface area contributed by atoms with Gasteiger partial charge in [-0.2, -0.15) is 0 Å². The van der Waals surface area contributed by atoms with E-state index in [0.717, 1.165) is 11.5 Å². The third kappa shape index (κ3) is 3.01. The maximum Gasteiger partial charge on any atom is 0.231 e. The molecule has 0 unspecified atom stereocenters. The first-order chi connectivity index (χ1) is 11.3. The zero-order chi connectivity index (χ0) is 17.5. The van der Waals surface area contributed by atoms with Gasteiger partial charge in [0.1, 0.15) is 5.82 Å². The standard InChI is InChI=1S/C20H25N3O/c1-20(2,3)17-8-6-7-14-13-23(19(24)11-16(14)17)15-9-10-18(21-12-15)22(4)5/h6-10,12H,11,13H2,1-5H3. The summed E-state index contributed by atoms with van der Waals surface area (Å²) in [5, 5.41) is 0. The van der Waals surface area contributed by atoms with E-state index in [1.807, 2.05) is 36.0 Å². The minimum absolute atomic E-state index is 0.0444. The fourth-order valence-corrected chi connectivity index (χ4v) is 3.24. The van der Waals surface area contributed by atoms with E-state index >= 15 is 0 Å². The lowest BCUT2D eigenvalue weighted by Crippen LogP contribution is -2.37. The predicted molar refractivity (Wildman–Crippen MR) is 98.6 cm³/mol. The molecule has 1 aromatic carbocycles. The maximum absolute atomic E-state index is 12.7. The second-order valence-electron chi connectivity index (χ2n) is 7.62. The Morgan fingerprint density at radius 3 is 2.46 bits per heavy atom. The van der Waals surface area contributed by atoms with Gasteiger partial charge in [-0.25, -0.2) is 4.98 Å². The summed E-state index contributed by atoms with van der Waals surface area (Å²) in [5.74, 6) is 1.03. The molecule has 24 heavy (non-hydrogen) atoms. The highest BCUT2D eigenvalue weighted by Crippen LogP contribution is 2.33. The first-order valence-electron chi connectivity index (χ1n) is 8.32. The van der Waals surface area contributed by atoms with E-state index < -0.39 is 0 Å². The molecule has 1 aliphatic rings. The monoisotopic (exact) mass is 323 g/mol. The average Bonchev–Trinajstić information content (AvgIpc) is 2.53. The van der Waals surface area contributed by atoms with E-state index in [9.17, 15) is 4.79 Å². The number of benzene rings is 1. The highest BCUT2D eigenvalue weighted by atomic mass is 16.2. The number of fused-ring (bicyclic) bond motifs is 1. The topological polar surface area (TPSA) is 36.4 Å². The van der Waals surface area contributed by atoms with Crippen molar-refractivity contribution in [1.29, 1.82) is 0 Å². The van der Waals surface area contributed by atoms with E-state index in [1.54, 1.807) is 6.20 Å². The minimum Gasteiger partial charge on any atom is -0.363 e. The molecule has 1 amide bonds. The van der Waals surface area contributed by atoms with Crippen molar-refractivity contribution in [2.75, 3.05) is 23.9 Å². The van der Waals surface area contributed by atoms with Gasteiger partial charge in [-0.1, -0.05) is 39.0 Å². The molecule has 0 radical (unpaired) electrons. The van der Waals surface area contributed by atoms with Gasteiger partial charge < -0.3 is 9.80 Å². The van der Waals surface area contributed by atoms with Crippen molar-refractivity contribution in [2.24, 2.45) is 0 Å². The third-order valence-corrected chi connectivity index (χ3v) is 4.54. The first-order valence-corrected chi connectivity index (χ1v) is 8.32. The Hall–Kier alpha value is -2.36. The lowest BCUT2D eigenvalue weighted by molar-refractivity contribution is -0.118. The highest BCUT2D eigenvalue weighted by molar-refractivity contribution is 5.96. The second-order valence-corrected chi connectivity index (χ2v) is 7.62. The molecule has 1 aliphatic heterocycles. The van der Waals surface area contributed by atoms with Gasteiger partial charge in [0.2, 0.25) is 5.91 Å². The number of rotatable bonds is 2. The molecule has 4 heteroatoms. The lowest BCUT2D eigenvalue weighted by atomic mass is 9.80. The molecule has 2 heterocycles. The van der Waals surface area contributed by atoms with Crippen molar-refractivity contribution < 1.29 is 4.79 Å². The quantitative estimate of drug-likeness (QED) is 0.848. The van der Waals surface area contributed by atoms with Crippen LogP contribution in [-0.4, -0.2) is 25.0 Å². The number of pyridine rings is 1. The van der Waals surface area contributed by atoms with E-state index in [0.29, 0.717) is 13.0 Å². The van der Waals surface area contributed by atoms with Crippen LogP contribution in [0.15, 0.2) is 36.5 Å². The van der Waals surface area contributed by atoms with Gasteiger partial charge in [0.25, 0.3) is 0 Å². The minimum atomic E-state index is 0.0444. The van der Waals surface area contributed by atoms with Crippen LogP contribution in [0.25, 0.3) is 0 Å². The molecule has 0 saturated carbocycles. The summed E-state index contributed by atoms with van der Waals surface area (Å²) < 4.78 is 0. The van der Waals surface area contributed by atoms with Gasteiger partial charge in [0.05, 0.1) is 24.8 Å². The molecule has 0 N–H and O–H groups in total. The number of carbonyl (C=O) groups is 1. The van der Waals surface area contributed by atoms with Crippen molar-refractivity contribution in [3.8, 4) is 0 Å². The van der Waals surface area contributed by atoms with Crippen LogP contribution >= 0.6 is 0 Å². The predicted octanol–water partition coefficient (Wildman–Crippen LogP) is 3.53. The van der Waals surface area contributed by atoms with E-state index in [4.69, 9.17) is 0 Å². The molecule has 0 aliphatic carbocycles. The van der Waals surface area contributed by atoms with E-state index in [2.05, 4.69) is 44.0 Å². The van der Waals surface area contributed by atoms with Crippen LogP contribution in [0, 0.1) is 0 Å². The molecule has 4 nitrogen and oxygen atoms in total. The zero-order valence-corrected chi connectivity index (χ0v) is 15.1. The van der Waals surface area contributed by atoms with Crippen LogP contribution in [0.4, 0.5) is 11.5 Å². The summed E-state index contributed by atoms with van der Waals surface area (Å²) in [6.07, 6.45) is 2.24. The van der Waals surface area contributed by atoms with Crippen molar-refractivity contribution in [1.82, 2.24) is 4.98 Å². The van der Waals surface area contributed by atoms with Crippen LogP contribution < -0.4 is 9.80 Å². The zero-order valence-electron chi connectivity index (χ0n) is 15.1. The summed E-state index contributed by atoms with van der Waals surface area (Å²) in [6.45, 7) is 7.21. The molecular weight excluding hydrogens is 298 g/mol. The fourth-order valence-electron chi connectivity index (χ4n) is 3.24. The molecule has 0 saturated heterocycles. The Kier molecular flexibility index (Phi) is 4.08. The van der Waals surface area contributed by atoms with E-state index in [1.165, 1.54) is 16.7 Å². The lowest BCUT2D eigenvalue weighted by Gasteiger charge is -2.33. The highest BCUT2D eigenvalue weighted by Gasteiger charge is 2.29. The second kappa shape index (κ2) is 5.93. The van der Waals surface area contributed by atoms with Crippen molar-refractivity contribution >= 4 is 17.4 Å². The largest absolute Gasteiger partial charge is 0.363 e. The SMILES string of the molecule is CN(C)c1ccc(N2Cc3cccc(C(C)(C)C)c3CC2=O)cn1. The van der Waals surface area contributed by atoms with Crippen LogP contribution in [0.1, 0.15) is 37.5 Å². The van der Waals surface area contributed by atoms with Crippen molar-refractivity contribution in [3.05, 3.63) is 53.2 Å².